The Labute approximate surface area is 190 Å². The van der Waals surface area contributed by atoms with Crippen molar-refractivity contribution in [2.45, 2.75) is 11.1 Å². The molecule has 2 heterocycles. The summed E-state index contributed by atoms with van der Waals surface area (Å²) in [4.78, 5) is 8.33. The Balaban J connectivity index is 0.00000289. The molecule has 0 aliphatic carbocycles. The van der Waals surface area contributed by atoms with E-state index in [1.54, 1.807) is 6.07 Å². The molecule has 4 rings (SSSR count). The number of pyridine rings is 1. The van der Waals surface area contributed by atoms with E-state index in [4.69, 9.17) is 0 Å². The van der Waals surface area contributed by atoms with E-state index in [1.165, 1.54) is 0 Å². The molecule has 1 fully saturated rings. The Bertz CT molecular complexity index is 1210. The van der Waals surface area contributed by atoms with Crippen LogP contribution in [0.25, 0.3) is 10.8 Å². The maximum absolute atomic E-state index is 13.0. The fraction of sp³-hybridized carbons (Fsp3) is 0.286. The van der Waals surface area contributed by atoms with Crippen LogP contribution < -0.4 is 9.62 Å². The Morgan fingerprint density at radius 1 is 0.969 bits per heavy atom. The molecule has 1 aliphatic heterocycles. The third-order valence-electron chi connectivity index (χ3n) is 5.23. The van der Waals surface area contributed by atoms with E-state index >= 15 is 0 Å². The van der Waals surface area contributed by atoms with E-state index in [-0.39, 0.29) is 18.2 Å². The molecule has 0 unspecified atom stereocenters. The molecule has 0 bridgehead atoms. The number of fused-ring (bicyclic) bond motifs is 1. The number of likely N-dealkylation sites (N-methyl/N-ethyl adjacent to an activating group) is 1. The Hall–Kier alpha value is -2.56. The molecule has 11 heteroatoms. The van der Waals surface area contributed by atoms with Gasteiger partial charge in [0.2, 0.25) is 0 Å². The molecular formula is C21H22ClF3N4O2S. The molecule has 0 saturated carbocycles. The predicted molar refractivity (Wildman–Crippen MR) is 121 cm³/mol. The van der Waals surface area contributed by atoms with Crippen molar-refractivity contribution < 1.29 is 21.6 Å². The number of nitrogens with zero attached hydrogens (tertiary/aromatic N) is 3. The summed E-state index contributed by atoms with van der Waals surface area (Å²) in [5.41, 5.74) is -1.03. The van der Waals surface area contributed by atoms with Crippen molar-refractivity contribution in [1.29, 1.82) is 0 Å². The smallest absolute Gasteiger partial charge is 0.353 e. The van der Waals surface area contributed by atoms with Gasteiger partial charge in [0.1, 0.15) is 11.6 Å². The highest BCUT2D eigenvalue weighted by Gasteiger charge is 2.32. The maximum atomic E-state index is 13.0. The monoisotopic (exact) mass is 486 g/mol. The minimum Gasteiger partial charge on any atom is -0.353 e. The number of alkyl halides is 3. The number of rotatable bonds is 4. The van der Waals surface area contributed by atoms with Crippen LogP contribution in [-0.4, -0.2) is 51.5 Å². The number of anilines is 2. The lowest BCUT2D eigenvalue weighted by Gasteiger charge is -2.34. The summed E-state index contributed by atoms with van der Waals surface area (Å²) in [5.74, 6) is 0.706. The lowest BCUT2D eigenvalue weighted by molar-refractivity contribution is -0.137. The first-order valence-electron chi connectivity index (χ1n) is 9.67. The summed E-state index contributed by atoms with van der Waals surface area (Å²) in [5, 5.41) is 1.67. The number of sulfonamides is 1. The maximum Gasteiger partial charge on any atom is 0.416 e. The van der Waals surface area contributed by atoms with Crippen molar-refractivity contribution in [2.24, 2.45) is 0 Å². The van der Waals surface area contributed by atoms with Gasteiger partial charge in [-0.2, -0.15) is 13.2 Å². The zero-order valence-corrected chi connectivity index (χ0v) is 18.8. The highest BCUT2D eigenvalue weighted by molar-refractivity contribution is 7.92. The predicted octanol–water partition coefficient (Wildman–Crippen LogP) is 4.23. The molecule has 0 atom stereocenters. The average molecular weight is 487 g/mol. The standard InChI is InChI=1S/C21H21F3N4O2S.ClH/c1-27-9-11-28(12-10-27)20-18-8-3-2-5-15(18)13-19(25-20)26-31(29,30)17-7-4-6-16(14-17)21(22,23)24;/h2-8,13-14H,9-12H2,1H3,(H,25,26);1H. The van der Waals surface area contributed by atoms with Crippen molar-refractivity contribution >= 4 is 44.8 Å². The van der Waals surface area contributed by atoms with Gasteiger partial charge >= 0.3 is 6.18 Å². The molecule has 1 aromatic heterocycles. The summed E-state index contributed by atoms with van der Waals surface area (Å²) in [6.45, 7) is 3.15. The van der Waals surface area contributed by atoms with E-state index in [2.05, 4.69) is 19.5 Å². The number of halogens is 4. The lowest BCUT2D eigenvalue weighted by atomic mass is 10.1. The number of hydrogen-bond acceptors (Lipinski definition) is 5. The minimum atomic E-state index is -4.64. The van der Waals surface area contributed by atoms with Crippen LogP contribution >= 0.6 is 12.4 Å². The molecule has 3 aromatic rings. The largest absolute Gasteiger partial charge is 0.416 e. The molecule has 1 aliphatic rings. The molecular weight excluding hydrogens is 465 g/mol. The van der Waals surface area contributed by atoms with Crippen molar-refractivity contribution in [2.75, 3.05) is 42.8 Å². The summed E-state index contributed by atoms with van der Waals surface area (Å²) < 4.78 is 67.0. The molecule has 0 amide bonds. The van der Waals surface area contributed by atoms with Crippen LogP contribution in [0.2, 0.25) is 0 Å². The highest BCUT2D eigenvalue weighted by atomic mass is 35.5. The SMILES string of the molecule is CN1CCN(c2nc(NS(=O)(=O)c3cccc(C(F)(F)F)c3)cc3ccccc23)CC1.Cl. The molecule has 0 radical (unpaired) electrons. The van der Waals surface area contributed by atoms with Gasteiger partial charge in [0.25, 0.3) is 10.0 Å². The minimum absolute atomic E-state index is 0. The number of benzene rings is 2. The van der Waals surface area contributed by atoms with Crippen LogP contribution in [0, 0.1) is 0 Å². The van der Waals surface area contributed by atoms with E-state index in [9.17, 15) is 21.6 Å². The quantitative estimate of drug-likeness (QED) is 0.598. The molecule has 0 spiro atoms. The van der Waals surface area contributed by atoms with Gasteiger partial charge in [-0.3, -0.25) is 4.72 Å². The Kier molecular flexibility index (Phi) is 6.87. The first-order valence-corrected chi connectivity index (χ1v) is 11.2. The summed E-state index contributed by atoms with van der Waals surface area (Å²) in [6.07, 6.45) is -4.64. The van der Waals surface area contributed by atoms with Gasteiger partial charge in [0, 0.05) is 31.6 Å². The van der Waals surface area contributed by atoms with E-state index in [0.717, 1.165) is 55.2 Å². The van der Waals surface area contributed by atoms with Gasteiger partial charge < -0.3 is 9.80 Å². The van der Waals surface area contributed by atoms with Crippen molar-refractivity contribution in [1.82, 2.24) is 9.88 Å². The van der Waals surface area contributed by atoms with Gasteiger partial charge in [0.15, 0.2) is 0 Å². The van der Waals surface area contributed by atoms with Crippen LogP contribution in [-0.2, 0) is 16.2 Å². The van der Waals surface area contributed by atoms with Crippen LogP contribution in [0.15, 0.2) is 59.5 Å². The van der Waals surface area contributed by atoms with Crippen LogP contribution in [0.5, 0.6) is 0 Å². The third kappa shape index (κ3) is 5.08. The molecule has 6 nitrogen and oxygen atoms in total. The van der Waals surface area contributed by atoms with Gasteiger partial charge in [-0.05, 0) is 36.7 Å². The topological polar surface area (TPSA) is 65.5 Å². The molecule has 2 aromatic carbocycles. The van der Waals surface area contributed by atoms with Crippen LogP contribution in [0.4, 0.5) is 24.8 Å². The molecule has 1 N–H and O–H groups in total. The van der Waals surface area contributed by atoms with E-state index in [1.807, 2.05) is 31.3 Å². The van der Waals surface area contributed by atoms with Crippen LogP contribution in [0.3, 0.4) is 0 Å². The summed E-state index contributed by atoms with van der Waals surface area (Å²) in [7, 11) is -2.23. The number of piperazine rings is 1. The van der Waals surface area contributed by atoms with Crippen molar-refractivity contribution in [3.63, 3.8) is 0 Å². The second-order valence-corrected chi connectivity index (χ2v) is 9.16. The average Bonchev–Trinajstić information content (AvgIpc) is 2.73. The first-order chi connectivity index (χ1) is 14.6. The van der Waals surface area contributed by atoms with Gasteiger partial charge in [-0.1, -0.05) is 30.3 Å². The Morgan fingerprint density at radius 3 is 2.34 bits per heavy atom. The number of nitrogens with one attached hydrogen (secondary N) is 1. The second kappa shape index (κ2) is 9.13. The van der Waals surface area contributed by atoms with Crippen molar-refractivity contribution in [3.8, 4) is 0 Å². The number of aromatic nitrogens is 1. The second-order valence-electron chi connectivity index (χ2n) is 7.47. The van der Waals surface area contributed by atoms with Crippen molar-refractivity contribution in [3.05, 3.63) is 60.2 Å². The zero-order chi connectivity index (χ0) is 22.2. The fourth-order valence-corrected chi connectivity index (χ4v) is 4.57. The normalized spacial score (nSPS) is 15.4. The molecule has 32 heavy (non-hydrogen) atoms. The highest BCUT2D eigenvalue weighted by Crippen LogP contribution is 2.32. The molecule has 1 saturated heterocycles. The van der Waals surface area contributed by atoms with Gasteiger partial charge in [0.05, 0.1) is 10.5 Å². The van der Waals surface area contributed by atoms with Gasteiger partial charge in [-0.15, -0.1) is 12.4 Å². The Morgan fingerprint density at radius 2 is 1.66 bits per heavy atom. The summed E-state index contributed by atoms with van der Waals surface area (Å²) in [6, 6.07) is 12.7. The first kappa shape index (κ1) is 24.1. The van der Waals surface area contributed by atoms with Gasteiger partial charge in [-0.25, -0.2) is 13.4 Å². The fourth-order valence-electron chi connectivity index (χ4n) is 3.53. The zero-order valence-electron chi connectivity index (χ0n) is 17.1. The lowest BCUT2D eigenvalue weighted by Crippen LogP contribution is -2.45. The van der Waals surface area contributed by atoms with E-state index in [0.29, 0.717) is 11.9 Å². The van der Waals surface area contributed by atoms with E-state index < -0.39 is 26.7 Å². The number of hydrogen-bond donors (Lipinski definition) is 1. The molecule has 172 valence electrons. The van der Waals surface area contributed by atoms with Crippen LogP contribution in [0.1, 0.15) is 5.56 Å². The summed E-state index contributed by atoms with van der Waals surface area (Å²) >= 11 is 0. The third-order valence-corrected chi connectivity index (χ3v) is 6.59.